The van der Waals surface area contributed by atoms with Crippen LogP contribution in [-0.2, 0) is 9.47 Å². The topological polar surface area (TPSA) is 78.1 Å². The fourth-order valence-corrected chi connectivity index (χ4v) is 4.07. The summed E-state index contributed by atoms with van der Waals surface area (Å²) in [6, 6.07) is 15.0. The Kier molecular flexibility index (Phi) is 5.29. The fraction of sp³-hybridized carbons (Fsp3) is 0.348. The zero-order chi connectivity index (χ0) is 20.3. The highest BCUT2D eigenvalue weighted by molar-refractivity contribution is 5.90. The van der Waals surface area contributed by atoms with Gasteiger partial charge in [-0.2, -0.15) is 0 Å². The van der Waals surface area contributed by atoms with E-state index in [1.165, 1.54) is 0 Å². The van der Waals surface area contributed by atoms with Crippen LogP contribution in [0.2, 0.25) is 0 Å². The third-order valence-electron chi connectivity index (χ3n) is 5.54. The second kappa shape index (κ2) is 8.38. The maximum Gasteiger partial charge on any atom is 0.319 e. The number of ether oxygens (including phenoxy) is 4. The van der Waals surface area contributed by atoms with Gasteiger partial charge in [0.25, 0.3) is 0 Å². The number of rotatable bonds is 4. The number of fused-ring (bicyclic) bond motifs is 2. The molecule has 2 saturated heterocycles. The molecule has 156 valence electrons. The molecular weight excluding hydrogens is 384 g/mol. The van der Waals surface area contributed by atoms with Gasteiger partial charge in [-0.1, -0.05) is 42.5 Å². The molecule has 5 rings (SSSR count). The zero-order valence-electron chi connectivity index (χ0n) is 16.5. The SMILES string of the molecule is O=C(Nc1ccc2c(c1)OCCO2)N[C@H]1CO[C@H]2[C@@H]1OC[C@@H]2C=Cc1ccccc1. The Labute approximate surface area is 175 Å². The Hall–Kier alpha value is -3.03. The van der Waals surface area contributed by atoms with E-state index < -0.39 is 0 Å². The van der Waals surface area contributed by atoms with E-state index >= 15 is 0 Å². The van der Waals surface area contributed by atoms with Gasteiger partial charge in [0.1, 0.15) is 19.3 Å². The minimum atomic E-state index is -0.298. The minimum Gasteiger partial charge on any atom is -0.486 e. The molecule has 4 atom stereocenters. The third kappa shape index (κ3) is 3.99. The van der Waals surface area contributed by atoms with E-state index in [1.54, 1.807) is 18.2 Å². The van der Waals surface area contributed by atoms with Crippen molar-refractivity contribution in [3.8, 4) is 11.5 Å². The molecular formula is C23H24N2O5. The normalized spacial score (nSPS) is 27.1. The summed E-state index contributed by atoms with van der Waals surface area (Å²) in [4.78, 5) is 12.5. The molecule has 0 aliphatic carbocycles. The molecule has 2 N–H and O–H groups in total. The molecule has 7 heteroatoms. The van der Waals surface area contributed by atoms with Crippen LogP contribution in [0.4, 0.5) is 10.5 Å². The second-order valence-corrected chi connectivity index (χ2v) is 7.59. The summed E-state index contributed by atoms with van der Waals surface area (Å²) in [5.74, 6) is 1.49. The first kappa shape index (κ1) is 19.0. The van der Waals surface area contributed by atoms with Crippen LogP contribution in [0.25, 0.3) is 6.08 Å². The van der Waals surface area contributed by atoms with E-state index in [0.29, 0.717) is 43.6 Å². The summed E-state index contributed by atoms with van der Waals surface area (Å²) in [5.41, 5.74) is 1.79. The van der Waals surface area contributed by atoms with Gasteiger partial charge in [0.15, 0.2) is 11.5 Å². The summed E-state index contributed by atoms with van der Waals surface area (Å²) in [5, 5.41) is 5.82. The predicted octanol–water partition coefficient (Wildman–Crippen LogP) is 3.08. The van der Waals surface area contributed by atoms with Crippen LogP contribution in [0.5, 0.6) is 11.5 Å². The lowest BCUT2D eigenvalue weighted by Crippen LogP contribution is -2.45. The lowest BCUT2D eigenvalue weighted by Gasteiger charge is -2.20. The van der Waals surface area contributed by atoms with E-state index in [9.17, 15) is 4.79 Å². The largest absolute Gasteiger partial charge is 0.486 e. The van der Waals surface area contributed by atoms with Crippen molar-refractivity contribution in [3.63, 3.8) is 0 Å². The maximum atomic E-state index is 12.5. The fourth-order valence-electron chi connectivity index (χ4n) is 4.07. The van der Waals surface area contributed by atoms with Crippen molar-refractivity contribution < 1.29 is 23.7 Å². The Morgan fingerprint density at radius 1 is 0.933 bits per heavy atom. The molecule has 2 aromatic rings. The van der Waals surface area contributed by atoms with Crippen molar-refractivity contribution in [1.82, 2.24) is 5.32 Å². The smallest absolute Gasteiger partial charge is 0.319 e. The zero-order valence-corrected chi connectivity index (χ0v) is 16.5. The number of benzene rings is 2. The number of nitrogens with one attached hydrogen (secondary N) is 2. The highest BCUT2D eigenvalue weighted by atomic mass is 16.6. The molecule has 0 unspecified atom stereocenters. The molecule has 30 heavy (non-hydrogen) atoms. The maximum absolute atomic E-state index is 12.5. The summed E-state index contributed by atoms with van der Waals surface area (Å²) in [6.07, 6.45) is 4.03. The third-order valence-corrected chi connectivity index (χ3v) is 5.54. The van der Waals surface area contributed by atoms with Gasteiger partial charge in [-0.25, -0.2) is 4.79 Å². The van der Waals surface area contributed by atoms with Crippen molar-refractivity contribution in [2.75, 3.05) is 31.7 Å². The van der Waals surface area contributed by atoms with Crippen molar-refractivity contribution >= 4 is 17.8 Å². The van der Waals surface area contributed by atoms with E-state index in [4.69, 9.17) is 18.9 Å². The minimum absolute atomic E-state index is 0.0513. The Morgan fingerprint density at radius 3 is 2.60 bits per heavy atom. The predicted molar refractivity (Wildman–Crippen MR) is 112 cm³/mol. The van der Waals surface area contributed by atoms with Gasteiger partial charge in [-0.15, -0.1) is 0 Å². The van der Waals surface area contributed by atoms with Gasteiger partial charge in [0.2, 0.25) is 0 Å². The Balaban J connectivity index is 1.17. The summed E-state index contributed by atoms with van der Waals surface area (Å²) in [6.45, 7) is 2.05. The summed E-state index contributed by atoms with van der Waals surface area (Å²) >= 11 is 0. The van der Waals surface area contributed by atoms with Gasteiger partial charge < -0.3 is 29.6 Å². The lowest BCUT2D eigenvalue weighted by molar-refractivity contribution is 0.0662. The molecule has 0 spiro atoms. The van der Waals surface area contributed by atoms with Crippen LogP contribution in [0.15, 0.2) is 54.6 Å². The first-order chi connectivity index (χ1) is 14.8. The van der Waals surface area contributed by atoms with Gasteiger partial charge in [-0.3, -0.25) is 0 Å². The van der Waals surface area contributed by atoms with Crippen LogP contribution in [0.3, 0.4) is 0 Å². The second-order valence-electron chi connectivity index (χ2n) is 7.59. The molecule has 7 nitrogen and oxygen atoms in total. The van der Waals surface area contributed by atoms with Gasteiger partial charge in [-0.05, 0) is 17.7 Å². The number of amides is 2. The van der Waals surface area contributed by atoms with Crippen molar-refractivity contribution in [1.29, 1.82) is 0 Å². The molecule has 0 radical (unpaired) electrons. The lowest BCUT2D eigenvalue weighted by atomic mass is 9.99. The average Bonchev–Trinajstić information content (AvgIpc) is 3.36. The van der Waals surface area contributed by atoms with Crippen molar-refractivity contribution in [3.05, 3.63) is 60.2 Å². The van der Waals surface area contributed by atoms with Crippen molar-refractivity contribution in [2.45, 2.75) is 18.2 Å². The van der Waals surface area contributed by atoms with Crippen LogP contribution in [0, 0.1) is 5.92 Å². The number of carbonyl (C=O) groups excluding carboxylic acids is 1. The van der Waals surface area contributed by atoms with Crippen LogP contribution >= 0.6 is 0 Å². The van der Waals surface area contributed by atoms with Crippen LogP contribution in [0.1, 0.15) is 5.56 Å². The molecule has 3 aliphatic heterocycles. The van der Waals surface area contributed by atoms with Crippen molar-refractivity contribution in [2.24, 2.45) is 5.92 Å². The molecule has 0 aromatic heterocycles. The molecule has 0 bridgehead atoms. The van der Waals surface area contributed by atoms with E-state index in [0.717, 1.165) is 5.56 Å². The highest BCUT2D eigenvalue weighted by Gasteiger charge is 2.47. The first-order valence-corrected chi connectivity index (χ1v) is 10.2. The van der Waals surface area contributed by atoms with Crippen LogP contribution in [-0.4, -0.2) is 50.7 Å². The molecule has 2 amide bonds. The monoisotopic (exact) mass is 408 g/mol. The Bertz CT molecular complexity index is 932. The number of urea groups is 1. The van der Waals surface area contributed by atoms with Gasteiger partial charge >= 0.3 is 6.03 Å². The quantitative estimate of drug-likeness (QED) is 0.813. The summed E-state index contributed by atoms with van der Waals surface area (Å²) < 4.78 is 23.0. The van der Waals surface area contributed by atoms with Gasteiger partial charge in [0.05, 0.1) is 25.4 Å². The highest BCUT2D eigenvalue weighted by Crippen LogP contribution is 2.34. The summed E-state index contributed by atoms with van der Waals surface area (Å²) in [7, 11) is 0. The van der Waals surface area contributed by atoms with E-state index in [2.05, 4.69) is 34.9 Å². The van der Waals surface area contributed by atoms with Gasteiger partial charge in [0, 0.05) is 17.7 Å². The molecule has 0 saturated carbocycles. The molecule has 2 fully saturated rings. The first-order valence-electron chi connectivity index (χ1n) is 10.2. The standard InChI is InChI=1S/C23H24N2O5/c26-23(24-17-8-9-19-20(12-17)28-11-10-27-19)25-18-14-30-21-16(13-29-22(18)21)7-6-15-4-2-1-3-5-15/h1-9,12,16,18,21-22H,10-11,13-14H2,(H2,24,25,26)/t16-,18-,21+,22+/m0/s1. The molecule has 2 aromatic carbocycles. The number of hydrogen-bond acceptors (Lipinski definition) is 5. The van der Waals surface area contributed by atoms with Crippen LogP contribution < -0.4 is 20.1 Å². The molecule has 3 heterocycles. The molecule has 3 aliphatic rings. The van der Waals surface area contributed by atoms with E-state index in [1.807, 2.05) is 18.2 Å². The van der Waals surface area contributed by atoms with E-state index in [-0.39, 0.29) is 30.2 Å². The number of carbonyl (C=O) groups is 1. The number of anilines is 1. The average molecular weight is 408 g/mol. The Morgan fingerprint density at radius 2 is 1.73 bits per heavy atom. The number of hydrogen-bond donors (Lipinski definition) is 2.